The van der Waals surface area contributed by atoms with E-state index < -0.39 is 12.1 Å². The Morgan fingerprint density at radius 2 is 2.26 bits per heavy atom. The van der Waals surface area contributed by atoms with Crippen molar-refractivity contribution in [3.05, 3.63) is 37.1 Å². The van der Waals surface area contributed by atoms with Crippen molar-refractivity contribution in [3.63, 3.8) is 0 Å². The lowest BCUT2D eigenvalue weighted by atomic mass is 10.2. The molecular weight excluding hydrogens is 316 g/mol. The van der Waals surface area contributed by atoms with Crippen LogP contribution in [0.4, 0.5) is 10.5 Å². The van der Waals surface area contributed by atoms with E-state index in [0.29, 0.717) is 17.9 Å². The fourth-order valence-electron chi connectivity index (χ4n) is 1.91. The lowest BCUT2D eigenvalue weighted by molar-refractivity contribution is -0.117. The second-order valence-corrected chi connectivity index (χ2v) is 5.69. The van der Waals surface area contributed by atoms with E-state index in [1.807, 2.05) is 6.26 Å². The maximum absolute atomic E-state index is 12.2. The number of amides is 3. The van der Waals surface area contributed by atoms with Crippen molar-refractivity contribution in [1.29, 1.82) is 0 Å². The molecule has 0 saturated heterocycles. The van der Waals surface area contributed by atoms with Gasteiger partial charge in [-0.15, -0.1) is 0 Å². The highest BCUT2D eigenvalue weighted by Crippen LogP contribution is 2.11. The fraction of sp³-hybridized carbons (Fsp3) is 0.286. The maximum atomic E-state index is 12.2. The number of hydrogen-bond donors (Lipinski definition) is 3. The number of aromatic nitrogens is 3. The molecule has 0 fully saturated rings. The number of imidazole rings is 1. The Morgan fingerprint density at radius 1 is 1.43 bits per heavy atom. The Kier molecular flexibility index (Phi) is 5.98. The standard InChI is InChI=1S/C14H18N6O2S/c1-23-7-4-11(19-14(15)22)13(21)18-10-2-3-12(17-8-10)20-6-5-16-9-20/h2-3,5-6,8-9,11H,4,7H2,1H3,(H,18,21)(H3,15,19,22)/t11-/m1/s1. The Bertz CT molecular complexity index is 644. The zero-order valence-corrected chi connectivity index (χ0v) is 13.4. The summed E-state index contributed by atoms with van der Waals surface area (Å²) in [5, 5.41) is 5.17. The van der Waals surface area contributed by atoms with Crippen LogP contribution in [0.25, 0.3) is 5.82 Å². The van der Waals surface area contributed by atoms with Gasteiger partial charge in [0, 0.05) is 12.4 Å². The van der Waals surface area contributed by atoms with Crippen LogP contribution in [-0.4, -0.2) is 44.5 Å². The number of nitrogens with zero attached hydrogens (tertiary/aromatic N) is 3. The van der Waals surface area contributed by atoms with E-state index in [2.05, 4.69) is 20.6 Å². The number of anilines is 1. The number of urea groups is 1. The number of carbonyl (C=O) groups is 2. The van der Waals surface area contributed by atoms with Gasteiger partial charge in [-0.05, 0) is 30.6 Å². The number of hydrogen-bond acceptors (Lipinski definition) is 5. The van der Waals surface area contributed by atoms with Crippen LogP contribution < -0.4 is 16.4 Å². The summed E-state index contributed by atoms with van der Waals surface area (Å²) in [5.41, 5.74) is 5.65. The molecule has 2 heterocycles. The van der Waals surface area contributed by atoms with Gasteiger partial charge in [0.05, 0.1) is 11.9 Å². The monoisotopic (exact) mass is 334 g/mol. The van der Waals surface area contributed by atoms with E-state index >= 15 is 0 Å². The van der Waals surface area contributed by atoms with Gasteiger partial charge in [0.25, 0.3) is 0 Å². The largest absolute Gasteiger partial charge is 0.352 e. The summed E-state index contributed by atoms with van der Waals surface area (Å²) in [4.78, 5) is 31.4. The molecule has 0 aliphatic heterocycles. The number of pyridine rings is 1. The molecule has 9 heteroatoms. The summed E-state index contributed by atoms with van der Waals surface area (Å²) in [7, 11) is 0. The van der Waals surface area contributed by atoms with Gasteiger partial charge < -0.3 is 16.4 Å². The van der Waals surface area contributed by atoms with Crippen LogP contribution in [0.5, 0.6) is 0 Å². The first-order valence-corrected chi connectivity index (χ1v) is 8.29. The predicted octanol–water partition coefficient (Wildman–Crippen LogP) is 0.996. The van der Waals surface area contributed by atoms with Crippen molar-refractivity contribution < 1.29 is 9.59 Å². The van der Waals surface area contributed by atoms with Crippen LogP contribution in [0.3, 0.4) is 0 Å². The number of nitrogens with two attached hydrogens (primary N) is 1. The number of rotatable bonds is 7. The average molecular weight is 334 g/mol. The lowest BCUT2D eigenvalue weighted by Crippen LogP contribution is -2.46. The maximum Gasteiger partial charge on any atom is 0.312 e. The Balaban J connectivity index is 2.01. The average Bonchev–Trinajstić information content (AvgIpc) is 3.06. The van der Waals surface area contributed by atoms with Gasteiger partial charge in [0.2, 0.25) is 5.91 Å². The van der Waals surface area contributed by atoms with Gasteiger partial charge in [-0.1, -0.05) is 0 Å². The number of primary amides is 1. The number of nitrogens with one attached hydrogen (secondary N) is 2. The van der Waals surface area contributed by atoms with Crippen molar-refractivity contribution in [2.45, 2.75) is 12.5 Å². The second kappa shape index (κ2) is 8.18. The van der Waals surface area contributed by atoms with Gasteiger partial charge in [-0.3, -0.25) is 9.36 Å². The third-order valence-corrected chi connectivity index (χ3v) is 3.67. The third-order valence-electron chi connectivity index (χ3n) is 3.03. The second-order valence-electron chi connectivity index (χ2n) is 4.71. The van der Waals surface area contributed by atoms with Crippen molar-refractivity contribution in [1.82, 2.24) is 19.9 Å². The van der Waals surface area contributed by atoms with E-state index in [9.17, 15) is 9.59 Å². The van der Waals surface area contributed by atoms with E-state index in [1.165, 1.54) is 0 Å². The summed E-state index contributed by atoms with van der Waals surface area (Å²) >= 11 is 1.59. The highest BCUT2D eigenvalue weighted by atomic mass is 32.2. The molecule has 3 amide bonds. The van der Waals surface area contributed by atoms with Crippen LogP contribution in [0.15, 0.2) is 37.1 Å². The highest BCUT2D eigenvalue weighted by molar-refractivity contribution is 7.98. The van der Waals surface area contributed by atoms with Crippen LogP contribution in [0.2, 0.25) is 0 Å². The highest BCUT2D eigenvalue weighted by Gasteiger charge is 2.19. The van der Waals surface area contributed by atoms with Gasteiger partial charge in [0.15, 0.2) is 0 Å². The summed E-state index contributed by atoms with van der Waals surface area (Å²) in [6.07, 6.45) is 9.03. The minimum atomic E-state index is -0.722. The summed E-state index contributed by atoms with van der Waals surface area (Å²) in [5.74, 6) is 1.10. The minimum absolute atomic E-state index is 0.324. The SMILES string of the molecule is CSCC[C@@H](NC(N)=O)C(=O)Nc1ccc(-n2ccnc2)nc1. The molecule has 0 radical (unpaired) electrons. The molecule has 2 aromatic rings. The molecule has 122 valence electrons. The molecular formula is C14H18N6O2S. The van der Waals surface area contributed by atoms with Crippen LogP contribution in [0, 0.1) is 0 Å². The van der Waals surface area contributed by atoms with Gasteiger partial charge in [0.1, 0.15) is 18.2 Å². The van der Waals surface area contributed by atoms with E-state index in [-0.39, 0.29) is 5.91 Å². The van der Waals surface area contributed by atoms with Crippen LogP contribution in [0.1, 0.15) is 6.42 Å². The van der Waals surface area contributed by atoms with Crippen LogP contribution >= 0.6 is 11.8 Å². The quantitative estimate of drug-likeness (QED) is 0.698. The molecule has 0 spiro atoms. The minimum Gasteiger partial charge on any atom is -0.352 e. The third kappa shape index (κ3) is 4.99. The molecule has 4 N–H and O–H groups in total. The zero-order chi connectivity index (χ0) is 16.7. The Morgan fingerprint density at radius 3 is 2.83 bits per heavy atom. The van der Waals surface area contributed by atoms with E-state index in [0.717, 1.165) is 5.75 Å². The topological polar surface area (TPSA) is 115 Å². The molecule has 0 saturated carbocycles. The first-order chi connectivity index (χ1) is 11.1. The van der Waals surface area contributed by atoms with E-state index in [1.54, 1.807) is 53.4 Å². The van der Waals surface area contributed by atoms with E-state index in [4.69, 9.17) is 5.73 Å². The molecule has 0 aliphatic rings. The molecule has 2 aromatic heterocycles. The zero-order valence-electron chi connectivity index (χ0n) is 12.6. The molecule has 23 heavy (non-hydrogen) atoms. The lowest BCUT2D eigenvalue weighted by Gasteiger charge is -2.16. The predicted molar refractivity (Wildman–Crippen MR) is 89.5 cm³/mol. The summed E-state index contributed by atoms with van der Waals surface area (Å²) in [6, 6.07) is 2.10. The molecule has 0 unspecified atom stereocenters. The van der Waals surface area contributed by atoms with Crippen molar-refractivity contribution in [2.75, 3.05) is 17.3 Å². The summed E-state index contributed by atoms with van der Waals surface area (Å²) < 4.78 is 1.75. The van der Waals surface area contributed by atoms with Crippen molar-refractivity contribution >= 4 is 29.4 Å². The van der Waals surface area contributed by atoms with Gasteiger partial charge in [-0.2, -0.15) is 11.8 Å². The Hall–Kier alpha value is -2.55. The number of thioether (sulfide) groups is 1. The Labute approximate surface area is 137 Å². The molecule has 8 nitrogen and oxygen atoms in total. The van der Waals surface area contributed by atoms with Crippen molar-refractivity contribution in [3.8, 4) is 5.82 Å². The smallest absolute Gasteiger partial charge is 0.312 e. The molecule has 0 aromatic carbocycles. The molecule has 0 bridgehead atoms. The summed E-state index contributed by atoms with van der Waals surface area (Å²) in [6.45, 7) is 0. The van der Waals surface area contributed by atoms with Crippen LogP contribution in [-0.2, 0) is 4.79 Å². The van der Waals surface area contributed by atoms with Gasteiger partial charge >= 0.3 is 6.03 Å². The molecule has 2 rings (SSSR count). The fourth-order valence-corrected chi connectivity index (χ4v) is 2.38. The van der Waals surface area contributed by atoms with Gasteiger partial charge in [-0.25, -0.2) is 14.8 Å². The first-order valence-electron chi connectivity index (χ1n) is 6.90. The molecule has 1 atom stereocenters. The first kappa shape index (κ1) is 16.8. The molecule has 0 aliphatic carbocycles. The number of carbonyl (C=O) groups excluding carboxylic acids is 2. The van der Waals surface area contributed by atoms with Crippen molar-refractivity contribution in [2.24, 2.45) is 5.73 Å². The normalized spacial score (nSPS) is 11.7.